The molecule has 0 aliphatic carbocycles. The van der Waals surface area contributed by atoms with Gasteiger partial charge in [0.1, 0.15) is 0 Å². The van der Waals surface area contributed by atoms with Crippen LogP contribution in [0.5, 0.6) is 0 Å². The van der Waals surface area contributed by atoms with E-state index in [-0.39, 0.29) is 6.10 Å². The molecule has 2 heterocycles. The molecule has 1 saturated heterocycles. The van der Waals surface area contributed by atoms with Gasteiger partial charge in [0.2, 0.25) is 0 Å². The molecule has 2 aromatic carbocycles. The van der Waals surface area contributed by atoms with Crippen LogP contribution in [0.1, 0.15) is 19.3 Å². The van der Waals surface area contributed by atoms with Crippen molar-refractivity contribution in [1.29, 1.82) is 0 Å². The Labute approximate surface area is 172 Å². The highest BCUT2D eigenvalue weighted by Gasteiger charge is 2.19. The molecule has 1 aromatic heterocycles. The molecule has 3 aromatic rings. The normalized spacial score (nSPS) is 17.2. The molecule has 0 radical (unpaired) electrons. The topological polar surface area (TPSA) is 39.9 Å². The summed E-state index contributed by atoms with van der Waals surface area (Å²) >= 11 is 13.8. The van der Waals surface area contributed by atoms with E-state index in [1.54, 1.807) is 11.8 Å². The van der Waals surface area contributed by atoms with E-state index in [4.69, 9.17) is 27.9 Å². The van der Waals surface area contributed by atoms with E-state index in [2.05, 4.69) is 14.8 Å². The number of ether oxygens (including phenoxy) is 1. The van der Waals surface area contributed by atoms with Gasteiger partial charge in [0, 0.05) is 33.7 Å². The quantitative estimate of drug-likeness (QED) is 0.482. The van der Waals surface area contributed by atoms with Gasteiger partial charge in [-0.2, -0.15) is 0 Å². The maximum atomic E-state index is 6.07. The van der Waals surface area contributed by atoms with Crippen LogP contribution in [0, 0.1) is 0 Å². The van der Waals surface area contributed by atoms with Gasteiger partial charge in [-0.25, -0.2) is 0 Å². The van der Waals surface area contributed by atoms with E-state index in [0.717, 1.165) is 47.4 Å². The zero-order valence-corrected chi connectivity index (χ0v) is 17.0. The summed E-state index contributed by atoms with van der Waals surface area (Å²) in [5.41, 5.74) is 1.93. The lowest BCUT2D eigenvalue weighted by Crippen LogP contribution is -2.21. The molecule has 0 spiro atoms. The maximum Gasteiger partial charge on any atom is 0.196 e. The molecule has 27 heavy (non-hydrogen) atoms. The molecule has 0 saturated carbocycles. The average molecular weight is 420 g/mol. The Kier molecular flexibility index (Phi) is 6.03. The van der Waals surface area contributed by atoms with Crippen molar-refractivity contribution in [2.75, 3.05) is 12.4 Å². The molecule has 140 valence electrons. The van der Waals surface area contributed by atoms with Gasteiger partial charge in [-0.1, -0.05) is 35.0 Å². The second-order valence-electron chi connectivity index (χ2n) is 6.42. The highest BCUT2D eigenvalue weighted by Crippen LogP contribution is 2.30. The molecule has 1 aliphatic rings. The largest absolute Gasteiger partial charge is 0.377 e. The monoisotopic (exact) mass is 419 g/mol. The Bertz CT molecular complexity index is 891. The fourth-order valence-corrected chi connectivity index (χ4v) is 4.35. The lowest BCUT2D eigenvalue weighted by Gasteiger charge is -2.22. The Balaban J connectivity index is 1.67. The lowest BCUT2D eigenvalue weighted by atomic mass is 10.1. The summed E-state index contributed by atoms with van der Waals surface area (Å²) in [6, 6.07) is 15.3. The predicted molar refractivity (Wildman–Crippen MR) is 111 cm³/mol. The summed E-state index contributed by atoms with van der Waals surface area (Å²) in [6.45, 7) is 0.852. The molecular formula is C20H19Cl2N3OS. The van der Waals surface area contributed by atoms with E-state index in [0.29, 0.717) is 10.0 Å². The second-order valence-corrected chi connectivity index (χ2v) is 8.28. The molecule has 1 aliphatic heterocycles. The van der Waals surface area contributed by atoms with Gasteiger partial charge >= 0.3 is 0 Å². The van der Waals surface area contributed by atoms with Crippen LogP contribution >= 0.6 is 35.0 Å². The van der Waals surface area contributed by atoms with Crippen molar-refractivity contribution in [2.45, 2.75) is 30.5 Å². The third kappa shape index (κ3) is 4.49. The Morgan fingerprint density at radius 1 is 0.963 bits per heavy atom. The molecule has 4 rings (SSSR count). The first kappa shape index (κ1) is 18.8. The number of rotatable bonds is 5. The molecule has 0 N–H and O–H groups in total. The van der Waals surface area contributed by atoms with Crippen LogP contribution in [0.4, 0.5) is 0 Å². The number of aromatic nitrogens is 3. The number of hydrogen-bond acceptors (Lipinski definition) is 4. The van der Waals surface area contributed by atoms with Gasteiger partial charge in [0.15, 0.2) is 11.0 Å². The summed E-state index contributed by atoms with van der Waals surface area (Å²) in [6.07, 6.45) is 3.76. The van der Waals surface area contributed by atoms with Crippen molar-refractivity contribution in [3.63, 3.8) is 0 Å². The maximum absolute atomic E-state index is 6.07. The van der Waals surface area contributed by atoms with Crippen LogP contribution in [0.2, 0.25) is 10.0 Å². The van der Waals surface area contributed by atoms with Crippen molar-refractivity contribution in [1.82, 2.24) is 14.8 Å². The van der Waals surface area contributed by atoms with Gasteiger partial charge in [-0.15, -0.1) is 10.2 Å². The van der Waals surface area contributed by atoms with E-state index < -0.39 is 0 Å². The predicted octanol–water partition coefficient (Wildman–Crippen LogP) is 5.90. The number of thioether (sulfide) groups is 1. The molecule has 0 bridgehead atoms. The number of benzene rings is 2. The van der Waals surface area contributed by atoms with Crippen molar-refractivity contribution >= 4 is 35.0 Å². The van der Waals surface area contributed by atoms with E-state index >= 15 is 0 Å². The minimum Gasteiger partial charge on any atom is -0.377 e. The Morgan fingerprint density at radius 2 is 1.67 bits per heavy atom. The van der Waals surface area contributed by atoms with Crippen molar-refractivity contribution in [3.05, 3.63) is 58.6 Å². The zero-order valence-electron chi connectivity index (χ0n) is 14.6. The first-order valence-electron chi connectivity index (χ1n) is 8.92. The minimum atomic E-state index is 0.276. The van der Waals surface area contributed by atoms with Crippen molar-refractivity contribution < 1.29 is 4.74 Å². The summed E-state index contributed by atoms with van der Waals surface area (Å²) in [4.78, 5) is 0. The average Bonchev–Trinajstić information content (AvgIpc) is 3.12. The molecule has 1 atom stereocenters. The summed E-state index contributed by atoms with van der Waals surface area (Å²) in [5.74, 6) is 1.65. The first-order chi connectivity index (χ1) is 13.2. The Morgan fingerprint density at radius 3 is 2.33 bits per heavy atom. The van der Waals surface area contributed by atoms with Crippen LogP contribution in [0.15, 0.2) is 53.7 Å². The molecular weight excluding hydrogens is 401 g/mol. The summed E-state index contributed by atoms with van der Waals surface area (Å²) < 4.78 is 7.92. The Hall–Kier alpha value is -1.53. The summed E-state index contributed by atoms with van der Waals surface area (Å²) in [7, 11) is 0. The SMILES string of the molecule is Clc1ccc(-c2nnc(SCC3CCCCO3)n2-c2ccc(Cl)cc2)cc1. The number of nitrogens with zero attached hydrogens (tertiary/aromatic N) is 3. The van der Waals surface area contributed by atoms with Gasteiger partial charge in [0.05, 0.1) is 6.10 Å². The molecule has 1 unspecified atom stereocenters. The van der Waals surface area contributed by atoms with E-state index in [1.807, 2.05) is 48.5 Å². The summed E-state index contributed by atoms with van der Waals surface area (Å²) in [5, 5.41) is 11.1. The highest BCUT2D eigenvalue weighted by atomic mass is 35.5. The van der Waals surface area contributed by atoms with E-state index in [9.17, 15) is 0 Å². The lowest BCUT2D eigenvalue weighted by molar-refractivity contribution is 0.0315. The number of hydrogen-bond donors (Lipinski definition) is 0. The smallest absolute Gasteiger partial charge is 0.196 e. The number of halogens is 2. The second kappa shape index (κ2) is 8.65. The third-order valence-corrected chi connectivity index (χ3v) is 6.06. The standard InChI is InChI=1S/C20H19Cl2N3OS/c21-15-6-4-14(5-7-15)19-23-24-20(27-13-18-3-1-2-12-26-18)25(19)17-10-8-16(22)9-11-17/h4-11,18H,1-3,12-13H2. The first-order valence-corrected chi connectivity index (χ1v) is 10.7. The van der Waals surface area contributed by atoms with Crippen LogP contribution in [0.25, 0.3) is 17.1 Å². The third-order valence-electron chi connectivity index (χ3n) is 4.49. The van der Waals surface area contributed by atoms with Gasteiger partial charge < -0.3 is 4.74 Å². The minimum absolute atomic E-state index is 0.276. The zero-order chi connectivity index (χ0) is 18.6. The van der Waals surface area contributed by atoms with E-state index in [1.165, 1.54) is 6.42 Å². The van der Waals surface area contributed by atoms with Crippen LogP contribution in [0.3, 0.4) is 0 Å². The fraction of sp³-hybridized carbons (Fsp3) is 0.300. The molecule has 4 nitrogen and oxygen atoms in total. The molecule has 7 heteroatoms. The van der Waals surface area contributed by atoms with Crippen LogP contribution in [-0.2, 0) is 4.74 Å². The fourth-order valence-electron chi connectivity index (χ4n) is 3.08. The molecule has 0 amide bonds. The van der Waals surface area contributed by atoms with Crippen LogP contribution in [-0.4, -0.2) is 33.2 Å². The van der Waals surface area contributed by atoms with Crippen LogP contribution < -0.4 is 0 Å². The molecule has 1 fully saturated rings. The van der Waals surface area contributed by atoms with Gasteiger partial charge in [0.25, 0.3) is 0 Å². The van der Waals surface area contributed by atoms with Gasteiger partial charge in [-0.05, 0) is 67.8 Å². The van der Waals surface area contributed by atoms with Gasteiger partial charge in [-0.3, -0.25) is 4.57 Å². The highest BCUT2D eigenvalue weighted by molar-refractivity contribution is 7.99. The van der Waals surface area contributed by atoms with Crippen molar-refractivity contribution in [2.24, 2.45) is 0 Å². The van der Waals surface area contributed by atoms with Crippen molar-refractivity contribution in [3.8, 4) is 17.1 Å².